The highest BCUT2D eigenvalue weighted by molar-refractivity contribution is 8.14. The van der Waals surface area contributed by atoms with E-state index in [0.29, 0.717) is 10.8 Å². The monoisotopic (exact) mass is 144 g/mol. The zero-order valence-electron chi connectivity index (χ0n) is 6.10. The normalized spacial score (nSPS) is 9.78. The van der Waals surface area contributed by atoms with E-state index in [-0.39, 0.29) is 5.12 Å². The van der Waals surface area contributed by atoms with Crippen molar-refractivity contribution in [3.63, 3.8) is 0 Å². The van der Waals surface area contributed by atoms with Crippen LogP contribution in [0.1, 0.15) is 20.8 Å². The molecule has 0 aromatic heterocycles. The Hall–Kier alpha value is -0.240. The van der Waals surface area contributed by atoms with Crippen LogP contribution in [0.5, 0.6) is 0 Å². The van der Waals surface area contributed by atoms with Gasteiger partial charge in [0.1, 0.15) is 0 Å². The number of rotatable bonds is 2. The third-order valence-corrected chi connectivity index (χ3v) is 1.73. The highest BCUT2D eigenvalue weighted by Crippen LogP contribution is 2.13. The Morgan fingerprint density at radius 1 is 1.56 bits per heavy atom. The topological polar surface area (TPSA) is 17.1 Å². The summed E-state index contributed by atoms with van der Waals surface area (Å²) in [6.07, 6.45) is 0. The van der Waals surface area contributed by atoms with Gasteiger partial charge in [-0.3, -0.25) is 4.79 Å². The summed E-state index contributed by atoms with van der Waals surface area (Å²) in [5.74, 6) is 0. The second kappa shape index (κ2) is 3.72. The summed E-state index contributed by atoms with van der Waals surface area (Å²) in [6, 6.07) is 0. The fourth-order valence-electron chi connectivity index (χ4n) is 0.315. The summed E-state index contributed by atoms with van der Waals surface area (Å²) < 4.78 is 0. The third-order valence-electron chi connectivity index (χ3n) is 0.691. The first kappa shape index (κ1) is 8.76. The average molecular weight is 144 g/mol. The van der Waals surface area contributed by atoms with Gasteiger partial charge < -0.3 is 0 Å². The fraction of sp³-hybridized carbons (Fsp3) is 0.571. The Morgan fingerprint density at radius 2 is 2.00 bits per heavy atom. The molecule has 0 bridgehead atoms. The molecule has 1 nitrogen and oxygen atoms in total. The zero-order chi connectivity index (χ0) is 7.44. The molecule has 0 rings (SSSR count). The Bertz CT molecular complexity index is 127. The zero-order valence-corrected chi connectivity index (χ0v) is 6.92. The van der Waals surface area contributed by atoms with Crippen LogP contribution in [0.4, 0.5) is 0 Å². The van der Waals surface area contributed by atoms with Gasteiger partial charge in [-0.1, -0.05) is 32.2 Å². The predicted molar refractivity (Wildman–Crippen MR) is 42.5 cm³/mol. The number of carbonyl (C=O) groups is 1. The molecule has 0 spiro atoms. The minimum absolute atomic E-state index is 0.102. The van der Waals surface area contributed by atoms with Crippen molar-refractivity contribution in [1.82, 2.24) is 0 Å². The maximum Gasteiger partial charge on any atom is 0.214 e. The van der Waals surface area contributed by atoms with Crippen molar-refractivity contribution in [1.29, 1.82) is 0 Å². The molecule has 0 saturated heterocycles. The number of carbonyl (C=O) groups excluding carboxylic acids is 1. The molecule has 9 heavy (non-hydrogen) atoms. The van der Waals surface area contributed by atoms with E-state index in [1.807, 2.05) is 13.8 Å². The minimum Gasteiger partial charge on any atom is -0.282 e. The highest BCUT2D eigenvalue weighted by atomic mass is 32.2. The van der Waals surface area contributed by atoms with Crippen molar-refractivity contribution in [2.24, 2.45) is 0 Å². The molecule has 0 saturated carbocycles. The first-order valence-corrected chi connectivity index (χ1v) is 3.78. The Labute approximate surface area is 60.5 Å². The second-order valence-corrected chi connectivity index (χ2v) is 3.78. The average Bonchev–Trinajstić information content (AvgIpc) is 1.63. The molecule has 0 amide bonds. The van der Waals surface area contributed by atoms with E-state index in [1.54, 1.807) is 6.92 Å². The van der Waals surface area contributed by atoms with Crippen LogP contribution >= 0.6 is 11.8 Å². The lowest BCUT2D eigenvalue weighted by atomic mass is 10.4. The molecule has 0 radical (unpaired) electrons. The SMILES string of the molecule is C=C(C)C(=O)SC(C)C. The lowest BCUT2D eigenvalue weighted by Gasteiger charge is -2.00. The van der Waals surface area contributed by atoms with Gasteiger partial charge in [-0.15, -0.1) is 0 Å². The van der Waals surface area contributed by atoms with E-state index in [0.717, 1.165) is 0 Å². The van der Waals surface area contributed by atoms with E-state index in [2.05, 4.69) is 6.58 Å². The quantitative estimate of drug-likeness (QED) is 0.553. The van der Waals surface area contributed by atoms with Crippen LogP contribution in [0.2, 0.25) is 0 Å². The summed E-state index contributed by atoms with van der Waals surface area (Å²) in [7, 11) is 0. The first-order valence-electron chi connectivity index (χ1n) is 2.90. The van der Waals surface area contributed by atoms with Gasteiger partial charge in [0.25, 0.3) is 0 Å². The van der Waals surface area contributed by atoms with Crippen molar-refractivity contribution in [2.45, 2.75) is 26.0 Å². The van der Waals surface area contributed by atoms with Gasteiger partial charge in [-0.25, -0.2) is 0 Å². The molecule has 0 aliphatic carbocycles. The van der Waals surface area contributed by atoms with Gasteiger partial charge in [0.15, 0.2) is 0 Å². The number of thioether (sulfide) groups is 1. The van der Waals surface area contributed by atoms with Crippen LogP contribution < -0.4 is 0 Å². The molecule has 0 heterocycles. The van der Waals surface area contributed by atoms with Crippen LogP contribution in [0.15, 0.2) is 12.2 Å². The standard InChI is InChI=1S/C7H12OS/c1-5(2)7(8)9-6(3)4/h6H,1H2,2-4H3. The molecule has 2 heteroatoms. The van der Waals surface area contributed by atoms with Gasteiger partial charge in [-0.2, -0.15) is 0 Å². The molecule has 0 N–H and O–H groups in total. The summed E-state index contributed by atoms with van der Waals surface area (Å²) in [4.78, 5) is 10.8. The molecule has 0 fully saturated rings. The van der Waals surface area contributed by atoms with E-state index in [1.165, 1.54) is 11.8 Å². The van der Waals surface area contributed by atoms with Crippen LogP contribution in [-0.4, -0.2) is 10.4 Å². The minimum atomic E-state index is 0.102. The Morgan fingerprint density at radius 3 is 2.11 bits per heavy atom. The molecular formula is C7H12OS. The van der Waals surface area contributed by atoms with Crippen LogP contribution in [-0.2, 0) is 4.79 Å². The largest absolute Gasteiger partial charge is 0.282 e. The molecule has 0 aliphatic heterocycles. The molecule has 0 unspecified atom stereocenters. The molecule has 0 aliphatic rings. The fourth-order valence-corrected chi connectivity index (χ4v) is 0.944. The lowest BCUT2D eigenvalue weighted by molar-refractivity contribution is -0.107. The molecule has 0 aromatic rings. The summed E-state index contributed by atoms with van der Waals surface area (Å²) >= 11 is 1.32. The molecule has 52 valence electrons. The van der Waals surface area contributed by atoms with Crippen molar-refractivity contribution < 1.29 is 4.79 Å². The smallest absolute Gasteiger partial charge is 0.214 e. The van der Waals surface area contributed by atoms with Crippen molar-refractivity contribution in [3.05, 3.63) is 12.2 Å². The van der Waals surface area contributed by atoms with E-state index >= 15 is 0 Å². The van der Waals surface area contributed by atoms with Gasteiger partial charge in [0.2, 0.25) is 5.12 Å². The van der Waals surface area contributed by atoms with Crippen LogP contribution in [0.3, 0.4) is 0 Å². The summed E-state index contributed by atoms with van der Waals surface area (Å²) in [5, 5.41) is 0.471. The first-order chi connectivity index (χ1) is 4.04. The Balaban J connectivity index is 3.65. The van der Waals surface area contributed by atoms with Crippen molar-refractivity contribution in [3.8, 4) is 0 Å². The maximum atomic E-state index is 10.8. The summed E-state index contributed by atoms with van der Waals surface area (Å²) in [6.45, 7) is 9.25. The van der Waals surface area contributed by atoms with Crippen LogP contribution in [0, 0.1) is 0 Å². The third kappa shape index (κ3) is 4.28. The van der Waals surface area contributed by atoms with Gasteiger partial charge in [0, 0.05) is 5.25 Å². The van der Waals surface area contributed by atoms with Crippen LogP contribution in [0.25, 0.3) is 0 Å². The maximum absolute atomic E-state index is 10.8. The number of hydrogen-bond acceptors (Lipinski definition) is 2. The van der Waals surface area contributed by atoms with Gasteiger partial charge in [0.05, 0.1) is 0 Å². The highest BCUT2D eigenvalue weighted by Gasteiger charge is 2.04. The van der Waals surface area contributed by atoms with E-state index in [4.69, 9.17) is 0 Å². The van der Waals surface area contributed by atoms with Gasteiger partial charge in [-0.05, 0) is 12.5 Å². The van der Waals surface area contributed by atoms with Crippen molar-refractivity contribution >= 4 is 16.9 Å². The number of hydrogen-bond donors (Lipinski definition) is 0. The molecule has 0 aromatic carbocycles. The second-order valence-electron chi connectivity index (χ2n) is 2.23. The summed E-state index contributed by atoms with van der Waals surface area (Å²) in [5.41, 5.74) is 0.633. The van der Waals surface area contributed by atoms with E-state index < -0.39 is 0 Å². The molecular weight excluding hydrogens is 132 g/mol. The van der Waals surface area contributed by atoms with Gasteiger partial charge >= 0.3 is 0 Å². The Kier molecular flexibility index (Phi) is 3.62. The lowest BCUT2D eigenvalue weighted by Crippen LogP contribution is -1.97. The van der Waals surface area contributed by atoms with Crippen molar-refractivity contribution in [2.75, 3.05) is 0 Å². The molecule has 0 atom stereocenters. The van der Waals surface area contributed by atoms with E-state index in [9.17, 15) is 4.79 Å². The predicted octanol–water partition coefficient (Wildman–Crippen LogP) is 2.23.